The summed E-state index contributed by atoms with van der Waals surface area (Å²) >= 11 is 1.38. The van der Waals surface area contributed by atoms with Crippen molar-refractivity contribution in [2.45, 2.75) is 47.9 Å². The number of hydrogen-bond donors (Lipinski definition) is 1. The molecule has 0 aromatic heterocycles. The van der Waals surface area contributed by atoms with Crippen LogP contribution in [0.3, 0.4) is 0 Å². The van der Waals surface area contributed by atoms with Crippen LogP contribution in [0.1, 0.15) is 32.1 Å². The predicted molar refractivity (Wildman–Crippen MR) is 121 cm³/mol. The number of rotatable bonds is 8. The molecule has 0 saturated heterocycles. The lowest BCUT2D eigenvalue weighted by molar-refractivity contribution is -0.113. The van der Waals surface area contributed by atoms with E-state index in [0.29, 0.717) is 5.69 Å². The molecule has 0 bridgehead atoms. The number of carbonyl (C=O) groups is 1. The van der Waals surface area contributed by atoms with Gasteiger partial charge in [-0.05, 0) is 49.2 Å². The Bertz CT molecular complexity index is 955. The van der Waals surface area contributed by atoms with Gasteiger partial charge in [-0.1, -0.05) is 31.4 Å². The lowest BCUT2D eigenvalue weighted by Crippen LogP contribution is -2.38. The molecule has 8 heteroatoms. The molecule has 0 spiro atoms. The van der Waals surface area contributed by atoms with Crippen LogP contribution in [0, 0.1) is 0 Å². The summed E-state index contributed by atoms with van der Waals surface area (Å²) in [6.07, 6.45) is 5.01. The number of carbonyl (C=O) groups excluding carboxylic acids is 1. The fourth-order valence-corrected chi connectivity index (χ4v) is 5.86. The third-order valence-corrected chi connectivity index (χ3v) is 8.32. The number of methoxy groups -OCH3 is 1. The van der Waals surface area contributed by atoms with Crippen molar-refractivity contribution >= 4 is 33.4 Å². The Morgan fingerprint density at radius 3 is 2.43 bits per heavy atom. The van der Waals surface area contributed by atoms with E-state index in [1.165, 1.54) is 16.1 Å². The number of amides is 1. The Morgan fingerprint density at radius 2 is 1.77 bits per heavy atom. The second-order valence-electron chi connectivity index (χ2n) is 7.32. The van der Waals surface area contributed by atoms with E-state index >= 15 is 0 Å². The maximum absolute atomic E-state index is 13.2. The van der Waals surface area contributed by atoms with Gasteiger partial charge in [-0.15, -0.1) is 11.8 Å². The van der Waals surface area contributed by atoms with Gasteiger partial charge in [0.1, 0.15) is 10.6 Å². The molecule has 0 aliphatic heterocycles. The van der Waals surface area contributed by atoms with E-state index in [2.05, 4.69) is 5.32 Å². The van der Waals surface area contributed by atoms with Crippen molar-refractivity contribution in [2.75, 3.05) is 25.2 Å². The standard InChI is InChI=1S/C22H28N2O4S2/c1-24(17-8-4-3-5-9-17)30(26,27)21-11-7-6-10-20(21)23-22(25)16-29-19-14-12-18(28-2)13-15-19/h6-7,10-15,17H,3-5,8-9,16H2,1-2H3,(H,23,25). The first kappa shape index (κ1) is 22.7. The largest absolute Gasteiger partial charge is 0.497 e. The van der Waals surface area contributed by atoms with E-state index in [-0.39, 0.29) is 22.6 Å². The van der Waals surface area contributed by atoms with Crippen LogP contribution < -0.4 is 10.1 Å². The number of hydrogen-bond acceptors (Lipinski definition) is 5. The van der Waals surface area contributed by atoms with Crippen molar-refractivity contribution in [1.29, 1.82) is 0 Å². The molecule has 3 rings (SSSR count). The lowest BCUT2D eigenvalue weighted by atomic mass is 9.96. The number of ether oxygens (including phenoxy) is 1. The van der Waals surface area contributed by atoms with Crippen molar-refractivity contribution < 1.29 is 17.9 Å². The third kappa shape index (κ3) is 5.56. The third-order valence-electron chi connectivity index (χ3n) is 5.34. The summed E-state index contributed by atoms with van der Waals surface area (Å²) in [7, 11) is -0.446. The topological polar surface area (TPSA) is 75.7 Å². The Hall–Kier alpha value is -2.03. The Labute approximate surface area is 183 Å². The number of benzene rings is 2. The summed E-state index contributed by atoms with van der Waals surface area (Å²) < 4.78 is 33.1. The first-order chi connectivity index (χ1) is 14.4. The monoisotopic (exact) mass is 448 g/mol. The van der Waals surface area contributed by atoms with Crippen molar-refractivity contribution in [2.24, 2.45) is 0 Å². The molecule has 2 aromatic carbocycles. The Morgan fingerprint density at radius 1 is 1.10 bits per heavy atom. The van der Waals surface area contributed by atoms with Crippen LogP contribution in [0.15, 0.2) is 58.3 Å². The first-order valence-electron chi connectivity index (χ1n) is 10.1. The second-order valence-corrected chi connectivity index (χ2v) is 10.3. The van der Waals surface area contributed by atoms with Gasteiger partial charge in [0.25, 0.3) is 0 Å². The smallest absolute Gasteiger partial charge is 0.245 e. The molecule has 6 nitrogen and oxygen atoms in total. The Kier molecular flexibility index (Phi) is 7.80. The molecule has 1 fully saturated rings. The summed E-state index contributed by atoms with van der Waals surface area (Å²) in [6, 6.07) is 14.1. The predicted octanol–water partition coefficient (Wildman–Crippen LogP) is 4.38. The van der Waals surface area contributed by atoms with Gasteiger partial charge in [0, 0.05) is 18.0 Å². The summed E-state index contributed by atoms with van der Waals surface area (Å²) in [5.41, 5.74) is 0.320. The van der Waals surface area contributed by atoms with Gasteiger partial charge in [0.2, 0.25) is 15.9 Å². The van der Waals surface area contributed by atoms with Crippen LogP contribution in [0.5, 0.6) is 5.75 Å². The van der Waals surface area contributed by atoms with Crippen molar-refractivity contribution in [3.63, 3.8) is 0 Å². The molecule has 30 heavy (non-hydrogen) atoms. The Balaban J connectivity index is 1.68. The minimum absolute atomic E-state index is 0.0122. The van der Waals surface area contributed by atoms with Gasteiger partial charge in [-0.3, -0.25) is 4.79 Å². The summed E-state index contributed by atoms with van der Waals surface area (Å²) in [4.78, 5) is 13.6. The molecular weight excluding hydrogens is 420 g/mol. The fraction of sp³-hybridized carbons (Fsp3) is 0.409. The molecule has 1 amide bonds. The van der Waals surface area contributed by atoms with E-state index < -0.39 is 10.0 Å². The van der Waals surface area contributed by atoms with Gasteiger partial charge in [-0.2, -0.15) is 4.31 Å². The van der Waals surface area contributed by atoms with Crippen LogP contribution in [0.25, 0.3) is 0 Å². The van der Waals surface area contributed by atoms with E-state index in [1.54, 1.807) is 38.4 Å². The zero-order valence-corrected chi connectivity index (χ0v) is 19.0. The van der Waals surface area contributed by atoms with E-state index in [0.717, 1.165) is 42.7 Å². The van der Waals surface area contributed by atoms with Gasteiger partial charge in [0.15, 0.2) is 0 Å². The highest BCUT2D eigenvalue weighted by molar-refractivity contribution is 8.00. The number of thioether (sulfide) groups is 1. The quantitative estimate of drug-likeness (QED) is 0.607. The first-order valence-corrected chi connectivity index (χ1v) is 12.5. The minimum atomic E-state index is -3.69. The highest BCUT2D eigenvalue weighted by Gasteiger charge is 2.30. The molecule has 0 unspecified atom stereocenters. The minimum Gasteiger partial charge on any atom is -0.497 e. The highest BCUT2D eigenvalue weighted by Crippen LogP contribution is 2.30. The molecule has 1 aliphatic rings. The molecule has 1 saturated carbocycles. The van der Waals surface area contributed by atoms with Crippen LogP contribution >= 0.6 is 11.8 Å². The number of sulfonamides is 1. The zero-order chi connectivity index (χ0) is 21.6. The number of para-hydroxylation sites is 1. The summed E-state index contributed by atoms with van der Waals surface area (Å²) in [5, 5.41) is 2.78. The molecule has 2 aromatic rings. The second kappa shape index (κ2) is 10.3. The number of nitrogens with one attached hydrogen (secondary N) is 1. The van der Waals surface area contributed by atoms with Crippen LogP contribution in [-0.4, -0.2) is 44.6 Å². The van der Waals surface area contributed by atoms with E-state index in [4.69, 9.17) is 4.74 Å². The maximum atomic E-state index is 13.2. The van der Waals surface area contributed by atoms with E-state index in [9.17, 15) is 13.2 Å². The SMILES string of the molecule is COc1ccc(SCC(=O)Nc2ccccc2S(=O)(=O)N(C)C2CCCCC2)cc1. The van der Waals surface area contributed by atoms with Crippen molar-refractivity contribution in [3.8, 4) is 5.75 Å². The molecule has 1 N–H and O–H groups in total. The van der Waals surface area contributed by atoms with Gasteiger partial charge < -0.3 is 10.1 Å². The molecule has 0 heterocycles. The molecule has 1 aliphatic carbocycles. The fourth-order valence-electron chi connectivity index (χ4n) is 3.60. The van der Waals surface area contributed by atoms with Crippen molar-refractivity contribution in [1.82, 2.24) is 4.31 Å². The number of nitrogens with zero attached hydrogens (tertiary/aromatic N) is 1. The average Bonchev–Trinajstić information content (AvgIpc) is 2.78. The van der Waals surface area contributed by atoms with E-state index in [1.807, 2.05) is 24.3 Å². The zero-order valence-electron chi connectivity index (χ0n) is 17.3. The normalized spacial score (nSPS) is 15.2. The molecule has 0 atom stereocenters. The molecular formula is C22H28N2O4S2. The highest BCUT2D eigenvalue weighted by atomic mass is 32.2. The van der Waals surface area contributed by atoms with Crippen LogP contribution in [0.4, 0.5) is 5.69 Å². The van der Waals surface area contributed by atoms with Crippen LogP contribution in [0.2, 0.25) is 0 Å². The van der Waals surface area contributed by atoms with Crippen molar-refractivity contribution in [3.05, 3.63) is 48.5 Å². The number of anilines is 1. The lowest BCUT2D eigenvalue weighted by Gasteiger charge is -2.30. The average molecular weight is 449 g/mol. The molecule has 0 radical (unpaired) electrons. The summed E-state index contributed by atoms with van der Waals surface area (Å²) in [5.74, 6) is 0.683. The summed E-state index contributed by atoms with van der Waals surface area (Å²) in [6.45, 7) is 0. The van der Waals surface area contributed by atoms with Crippen LogP contribution in [-0.2, 0) is 14.8 Å². The maximum Gasteiger partial charge on any atom is 0.245 e. The van der Waals surface area contributed by atoms with Gasteiger partial charge >= 0.3 is 0 Å². The van der Waals surface area contributed by atoms with Gasteiger partial charge in [0.05, 0.1) is 18.6 Å². The van der Waals surface area contributed by atoms with Gasteiger partial charge in [-0.25, -0.2) is 8.42 Å². The molecule has 162 valence electrons.